The zero-order valence-corrected chi connectivity index (χ0v) is 7.87. The van der Waals surface area contributed by atoms with E-state index in [1.165, 1.54) is 18.7 Å². The fourth-order valence-electron chi connectivity index (χ4n) is 1.71. The smallest absolute Gasteiger partial charge is 0.0234 e. The van der Waals surface area contributed by atoms with Gasteiger partial charge in [0.05, 0.1) is 0 Å². The molecular formula is C11H16N2. The van der Waals surface area contributed by atoms with Crippen molar-refractivity contribution in [2.24, 2.45) is 0 Å². The van der Waals surface area contributed by atoms with Crippen LogP contribution in [0.3, 0.4) is 0 Å². The van der Waals surface area contributed by atoms with Crippen molar-refractivity contribution in [3.8, 4) is 0 Å². The number of hydrogen-bond acceptors (Lipinski definition) is 2. The fraction of sp³-hybridized carbons (Fsp3) is 0.455. The van der Waals surface area contributed by atoms with E-state index in [2.05, 4.69) is 40.5 Å². The topological polar surface area (TPSA) is 15.3 Å². The molecule has 0 bridgehead atoms. The van der Waals surface area contributed by atoms with E-state index >= 15 is 0 Å². The van der Waals surface area contributed by atoms with Crippen molar-refractivity contribution in [1.29, 1.82) is 0 Å². The normalized spacial score (nSPS) is 18.8. The van der Waals surface area contributed by atoms with E-state index in [0.29, 0.717) is 0 Å². The first-order chi connectivity index (χ1) is 6.45. The maximum atomic E-state index is 3.36. The molecule has 1 aromatic carbocycles. The van der Waals surface area contributed by atoms with Crippen molar-refractivity contribution in [1.82, 2.24) is 10.2 Å². The Morgan fingerprint density at radius 1 is 1.08 bits per heavy atom. The van der Waals surface area contributed by atoms with Crippen LogP contribution in [0, 0.1) is 0 Å². The van der Waals surface area contributed by atoms with E-state index in [1.807, 2.05) is 0 Å². The molecule has 0 aliphatic carbocycles. The van der Waals surface area contributed by atoms with Gasteiger partial charge < -0.3 is 5.32 Å². The summed E-state index contributed by atoms with van der Waals surface area (Å²) in [5, 5.41) is 3.36. The minimum absolute atomic E-state index is 1.10. The Morgan fingerprint density at radius 2 is 1.77 bits per heavy atom. The maximum Gasteiger partial charge on any atom is 0.0234 e. The van der Waals surface area contributed by atoms with Crippen molar-refractivity contribution in [3.63, 3.8) is 0 Å². The van der Waals surface area contributed by atoms with Crippen molar-refractivity contribution >= 4 is 0 Å². The fourth-order valence-corrected chi connectivity index (χ4v) is 1.71. The molecule has 0 aromatic heterocycles. The van der Waals surface area contributed by atoms with Gasteiger partial charge in [-0.15, -0.1) is 0 Å². The van der Waals surface area contributed by atoms with E-state index in [4.69, 9.17) is 0 Å². The van der Waals surface area contributed by atoms with Gasteiger partial charge in [-0.05, 0) is 5.56 Å². The first-order valence-corrected chi connectivity index (χ1v) is 4.92. The van der Waals surface area contributed by atoms with Gasteiger partial charge >= 0.3 is 0 Å². The Balaban J connectivity index is 1.90. The van der Waals surface area contributed by atoms with Crippen LogP contribution in [-0.2, 0) is 6.54 Å². The van der Waals surface area contributed by atoms with E-state index in [-0.39, 0.29) is 0 Å². The molecule has 2 rings (SSSR count). The second-order valence-corrected chi connectivity index (χ2v) is 3.51. The van der Waals surface area contributed by atoms with Gasteiger partial charge in [-0.3, -0.25) is 4.90 Å². The third-order valence-corrected chi connectivity index (χ3v) is 2.46. The highest BCUT2D eigenvalue weighted by atomic mass is 15.5. The number of piperazine rings is 1. The quantitative estimate of drug-likeness (QED) is 0.685. The number of rotatable bonds is 2. The van der Waals surface area contributed by atoms with Gasteiger partial charge in [-0.25, -0.2) is 0 Å². The lowest BCUT2D eigenvalue weighted by atomic mass is 10.2. The number of nitrogens with zero attached hydrogens (tertiary/aromatic N) is 1. The molecule has 2 nitrogen and oxygen atoms in total. The predicted octanol–water partition coefficient (Wildman–Crippen LogP) is 1.09. The van der Waals surface area contributed by atoms with Crippen LogP contribution in [0.2, 0.25) is 0 Å². The summed E-state index contributed by atoms with van der Waals surface area (Å²) < 4.78 is 0. The molecule has 70 valence electrons. The number of benzene rings is 1. The minimum atomic E-state index is 1.10. The van der Waals surface area contributed by atoms with Gasteiger partial charge in [0.15, 0.2) is 0 Å². The summed E-state index contributed by atoms with van der Waals surface area (Å²) >= 11 is 0. The second-order valence-electron chi connectivity index (χ2n) is 3.51. The lowest BCUT2D eigenvalue weighted by Crippen LogP contribution is -2.42. The lowest BCUT2D eigenvalue weighted by molar-refractivity contribution is 0.233. The Kier molecular flexibility index (Phi) is 2.95. The molecule has 1 aliphatic rings. The molecule has 1 aliphatic heterocycles. The van der Waals surface area contributed by atoms with Crippen molar-refractivity contribution in [2.75, 3.05) is 26.2 Å². The SMILES string of the molecule is c1ccc(CN2[13CH2][13CH2]N[13CH2][13CH2]2)cc1. The molecule has 13 heavy (non-hydrogen) atoms. The highest BCUT2D eigenvalue weighted by molar-refractivity contribution is 5.14. The van der Waals surface area contributed by atoms with Gasteiger partial charge in [-0.2, -0.15) is 0 Å². The Hall–Kier alpha value is -0.860. The summed E-state index contributed by atoms with van der Waals surface area (Å²) in [5.41, 5.74) is 1.42. The predicted molar refractivity (Wildman–Crippen MR) is 54.6 cm³/mol. The van der Waals surface area contributed by atoms with E-state index in [9.17, 15) is 0 Å². The van der Waals surface area contributed by atoms with Gasteiger partial charge in [0.25, 0.3) is 0 Å². The lowest BCUT2D eigenvalue weighted by Gasteiger charge is -2.27. The van der Waals surface area contributed by atoms with Gasteiger partial charge in [0.1, 0.15) is 0 Å². The molecule has 0 unspecified atom stereocenters. The van der Waals surface area contributed by atoms with E-state index in [0.717, 1.165) is 19.6 Å². The molecule has 1 saturated heterocycles. The van der Waals surface area contributed by atoms with Crippen molar-refractivity contribution in [2.45, 2.75) is 6.54 Å². The Morgan fingerprint density at radius 3 is 2.46 bits per heavy atom. The first-order valence-electron chi connectivity index (χ1n) is 4.92. The average Bonchev–Trinajstić information content (AvgIpc) is 2.21. The minimum Gasteiger partial charge on any atom is -0.314 e. The Bertz CT molecular complexity index is 240. The van der Waals surface area contributed by atoms with Gasteiger partial charge in [-0.1, -0.05) is 30.3 Å². The van der Waals surface area contributed by atoms with Crippen LogP contribution in [0.1, 0.15) is 5.56 Å². The summed E-state index contributed by atoms with van der Waals surface area (Å²) in [6.45, 7) is 5.71. The van der Waals surface area contributed by atoms with Gasteiger partial charge in [0.2, 0.25) is 0 Å². The molecule has 0 atom stereocenters. The molecule has 1 heterocycles. The summed E-state index contributed by atoms with van der Waals surface area (Å²) in [6, 6.07) is 10.7. The van der Waals surface area contributed by atoms with Crippen LogP contribution in [0.4, 0.5) is 0 Å². The molecule has 1 fully saturated rings. The summed E-state index contributed by atoms with van der Waals surface area (Å²) in [4.78, 5) is 2.49. The molecule has 0 amide bonds. The third kappa shape index (κ3) is 2.54. The molecule has 0 saturated carbocycles. The maximum absolute atomic E-state index is 3.36. The standard InChI is InChI=1S/C11H16N2/c1-2-4-11(5-3-1)10-13-8-6-12-7-9-13/h1-5,12H,6-10H2/i6+1,7+1,8+1,9+1. The van der Waals surface area contributed by atoms with Crippen LogP contribution in [-0.4, -0.2) is 31.1 Å². The first kappa shape index (κ1) is 8.73. The van der Waals surface area contributed by atoms with Crippen molar-refractivity contribution in [3.05, 3.63) is 35.9 Å². The Labute approximate surface area is 79.6 Å². The van der Waals surface area contributed by atoms with Crippen LogP contribution in [0.5, 0.6) is 0 Å². The third-order valence-electron chi connectivity index (χ3n) is 2.46. The summed E-state index contributed by atoms with van der Waals surface area (Å²) in [7, 11) is 0. The van der Waals surface area contributed by atoms with Crippen LogP contribution in [0.15, 0.2) is 30.3 Å². The number of hydrogen-bond donors (Lipinski definition) is 1. The molecule has 1 aromatic rings. The summed E-state index contributed by atoms with van der Waals surface area (Å²) in [5.74, 6) is 0. The molecule has 0 radical (unpaired) electrons. The van der Waals surface area contributed by atoms with E-state index in [1.54, 1.807) is 0 Å². The average molecular weight is 180 g/mol. The zero-order valence-electron chi connectivity index (χ0n) is 7.87. The van der Waals surface area contributed by atoms with Crippen LogP contribution >= 0.6 is 0 Å². The largest absolute Gasteiger partial charge is 0.314 e. The van der Waals surface area contributed by atoms with Crippen LogP contribution in [0.25, 0.3) is 0 Å². The highest BCUT2D eigenvalue weighted by Crippen LogP contribution is 2.04. The molecule has 1 N–H and O–H groups in total. The monoisotopic (exact) mass is 180 g/mol. The molecule has 2 heteroatoms. The molecular weight excluding hydrogens is 164 g/mol. The second kappa shape index (κ2) is 4.40. The van der Waals surface area contributed by atoms with E-state index < -0.39 is 0 Å². The number of nitrogens with one attached hydrogen (secondary N) is 1. The summed E-state index contributed by atoms with van der Waals surface area (Å²) in [6.07, 6.45) is 0. The van der Waals surface area contributed by atoms with Gasteiger partial charge in [0, 0.05) is 32.7 Å². The van der Waals surface area contributed by atoms with Crippen LogP contribution < -0.4 is 5.32 Å². The zero-order chi connectivity index (χ0) is 8.93. The molecule has 0 spiro atoms. The van der Waals surface area contributed by atoms with Crippen molar-refractivity contribution < 1.29 is 0 Å². The highest BCUT2D eigenvalue weighted by Gasteiger charge is 2.08.